The summed E-state index contributed by atoms with van der Waals surface area (Å²) in [5, 5.41) is 0. The van der Waals surface area contributed by atoms with Gasteiger partial charge in [-0.05, 0) is 55.7 Å². The molecule has 0 radical (unpaired) electrons. The van der Waals surface area contributed by atoms with Crippen LogP contribution < -0.4 is 4.90 Å². The lowest BCUT2D eigenvalue weighted by Crippen LogP contribution is -2.35. The van der Waals surface area contributed by atoms with Gasteiger partial charge in [0.25, 0.3) is 5.91 Å². The van der Waals surface area contributed by atoms with E-state index in [2.05, 4.69) is 6.07 Å². The fraction of sp³-hybridized carbons (Fsp3) is 0.227. The van der Waals surface area contributed by atoms with E-state index in [0.29, 0.717) is 6.54 Å². The molecule has 0 fully saturated rings. The van der Waals surface area contributed by atoms with E-state index < -0.39 is 9.84 Å². The molecule has 2 aromatic carbocycles. The maximum absolute atomic E-state index is 13.0. The zero-order valence-electron chi connectivity index (χ0n) is 15.6. The Morgan fingerprint density at radius 2 is 1.86 bits per heavy atom. The first kappa shape index (κ1) is 18.5. The van der Waals surface area contributed by atoms with Crippen LogP contribution in [0.3, 0.4) is 0 Å². The van der Waals surface area contributed by atoms with Crippen LogP contribution in [0.25, 0.3) is 0 Å². The van der Waals surface area contributed by atoms with Crippen molar-refractivity contribution in [3.63, 3.8) is 0 Å². The predicted molar refractivity (Wildman–Crippen MR) is 107 cm³/mol. The van der Waals surface area contributed by atoms with Crippen LogP contribution in [0, 0.1) is 6.92 Å². The van der Waals surface area contributed by atoms with Gasteiger partial charge in [-0.1, -0.05) is 35.9 Å². The van der Waals surface area contributed by atoms with Crippen molar-refractivity contribution in [2.75, 3.05) is 11.4 Å². The minimum Gasteiger partial charge on any atom is -0.455 e. The highest BCUT2D eigenvalue weighted by Crippen LogP contribution is 2.30. The lowest BCUT2D eigenvalue weighted by atomic mass is 9.99. The Morgan fingerprint density at radius 1 is 1.07 bits per heavy atom. The van der Waals surface area contributed by atoms with Gasteiger partial charge in [0, 0.05) is 12.2 Å². The van der Waals surface area contributed by atoms with Crippen molar-refractivity contribution in [3.8, 4) is 0 Å². The van der Waals surface area contributed by atoms with Crippen molar-refractivity contribution in [2.45, 2.75) is 30.4 Å². The van der Waals surface area contributed by atoms with Crippen molar-refractivity contribution in [1.82, 2.24) is 0 Å². The van der Waals surface area contributed by atoms with Crippen molar-refractivity contribution in [1.29, 1.82) is 0 Å². The van der Waals surface area contributed by atoms with Crippen LogP contribution in [0.15, 0.2) is 70.0 Å². The second-order valence-corrected chi connectivity index (χ2v) is 9.02. The summed E-state index contributed by atoms with van der Waals surface area (Å²) in [4.78, 5) is 14.9. The van der Waals surface area contributed by atoms with E-state index >= 15 is 0 Å². The summed E-state index contributed by atoms with van der Waals surface area (Å²) in [6, 6.07) is 17.4. The van der Waals surface area contributed by atoms with E-state index in [4.69, 9.17) is 4.42 Å². The Labute approximate surface area is 164 Å². The number of amides is 1. The molecule has 0 aliphatic carbocycles. The fourth-order valence-electron chi connectivity index (χ4n) is 3.54. The summed E-state index contributed by atoms with van der Waals surface area (Å²) >= 11 is 0. The van der Waals surface area contributed by atoms with Crippen LogP contribution in [-0.2, 0) is 22.0 Å². The van der Waals surface area contributed by atoms with Crippen LogP contribution in [0.1, 0.15) is 33.9 Å². The third kappa shape index (κ3) is 3.60. The maximum atomic E-state index is 13.0. The average molecular weight is 395 g/mol. The first-order valence-corrected chi connectivity index (χ1v) is 10.9. The number of aryl methyl sites for hydroxylation is 2. The number of furan rings is 1. The normalized spacial score (nSPS) is 14.0. The van der Waals surface area contributed by atoms with Gasteiger partial charge in [0.2, 0.25) is 0 Å². The lowest BCUT2D eigenvalue weighted by molar-refractivity contribution is 0.0957. The zero-order chi connectivity index (χ0) is 19.7. The maximum Gasteiger partial charge on any atom is 0.293 e. The van der Waals surface area contributed by atoms with Gasteiger partial charge in [-0.3, -0.25) is 4.79 Å². The first-order valence-electron chi connectivity index (χ1n) is 9.22. The second kappa shape index (κ2) is 7.28. The topological polar surface area (TPSA) is 67.6 Å². The van der Waals surface area contributed by atoms with Gasteiger partial charge < -0.3 is 9.32 Å². The van der Waals surface area contributed by atoms with Gasteiger partial charge in [0.05, 0.1) is 4.90 Å². The number of hydrogen-bond acceptors (Lipinski definition) is 4. The molecule has 144 valence electrons. The molecule has 1 amide bonds. The summed E-state index contributed by atoms with van der Waals surface area (Å²) in [5.41, 5.74) is 3.22. The summed E-state index contributed by atoms with van der Waals surface area (Å²) in [6.45, 7) is 2.65. The summed E-state index contributed by atoms with van der Waals surface area (Å²) in [7, 11) is -3.52. The van der Waals surface area contributed by atoms with Crippen molar-refractivity contribution in [3.05, 3.63) is 83.3 Å². The van der Waals surface area contributed by atoms with Crippen LogP contribution in [-0.4, -0.2) is 20.9 Å². The highest BCUT2D eigenvalue weighted by atomic mass is 32.2. The van der Waals surface area contributed by atoms with Gasteiger partial charge in [-0.15, -0.1) is 0 Å². The van der Waals surface area contributed by atoms with E-state index in [9.17, 15) is 13.2 Å². The zero-order valence-corrected chi connectivity index (χ0v) is 16.4. The van der Waals surface area contributed by atoms with Crippen LogP contribution in [0.5, 0.6) is 0 Å². The standard InChI is InChI=1S/C22H21NO4S/c1-16-9-11-20-17(14-16)6-5-13-23(20)22(24)21-12-10-18(27-21)15-28(25,26)19-7-3-2-4-8-19/h2-4,7-12,14H,5-6,13,15H2,1H3. The number of carbonyl (C=O) groups excluding carboxylic acids is 1. The van der Waals surface area contributed by atoms with Gasteiger partial charge in [-0.2, -0.15) is 0 Å². The molecule has 3 aromatic rings. The van der Waals surface area contributed by atoms with Crippen LogP contribution >= 0.6 is 0 Å². The van der Waals surface area contributed by atoms with Gasteiger partial charge in [0.15, 0.2) is 15.6 Å². The number of sulfone groups is 1. The molecule has 5 nitrogen and oxygen atoms in total. The predicted octanol–water partition coefficient (Wildman–Crippen LogP) is 4.15. The van der Waals surface area contributed by atoms with E-state index in [0.717, 1.165) is 24.1 Å². The number of anilines is 1. The van der Waals surface area contributed by atoms with E-state index in [1.165, 1.54) is 5.56 Å². The minimum atomic E-state index is -3.52. The average Bonchev–Trinajstić information content (AvgIpc) is 3.15. The van der Waals surface area contributed by atoms with Crippen molar-refractivity contribution in [2.24, 2.45) is 0 Å². The largest absolute Gasteiger partial charge is 0.455 e. The Morgan fingerprint density at radius 3 is 2.64 bits per heavy atom. The molecule has 6 heteroatoms. The number of nitrogens with zero attached hydrogens (tertiary/aromatic N) is 1. The molecule has 0 N–H and O–H groups in total. The first-order chi connectivity index (χ1) is 13.4. The van der Waals surface area contributed by atoms with Crippen LogP contribution in [0.4, 0.5) is 5.69 Å². The lowest BCUT2D eigenvalue weighted by Gasteiger charge is -2.29. The molecular weight excluding hydrogens is 374 g/mol. The molecule has 0 bridgehead atoms. The Hall–Kier alpha value is -2.86. The molecule has 28 heavy (non-hydrogen) atoms. The molecule has 0 spiro atoms. The molecule has 0 unspecified atom stereocenters. The smallest absolute Gasteiger partial charge is 0.293 e. The Bertz CT molecular complexity index is 1120. The molecule has 4 rings (SSSR count). The monoisotopic (exact) mass is 395 g/mol. The molecule has 0 saturated carbocycles. The fourth-order valence-corrected chi connectivity index (χ4v) is 4.81. The molecule has 1 aliphatic rings. The van der Waals surface area contributed by atoms with Gasteiger partial charge >= 0.3 is 0 Å². The molecule has 1 aromatic heterocycles. The molecule has 0 saturated heterocycles. The SMILES string of the molecule is Cc1ccc2c(c1)CCCN2C(=O)c1ccc(CS(=O)(=O)c2ccccc2)o1. The highest BCUT2D eigenvalue weighted by Gasteiger charge is 2.26. The number of carbonyl (C=O) groups is 1. The highest BCUT2D eigenvalue weighted by molar-refractivity contribution is 7.90. The summed E-state index contributed by atoms with van der Waals surface area (Å²) in [5.74, 6) is -0.103. The van der Waals surface area contributed by atoms with Crippen molar-refractivity contribution >= 4 is 21.4 Å². The van der Waals surface area contributed by atoms with Gasteiger partial charge in [0.1, 0.15) is 11.5 Å². The van der Waals surface area contributed by atoms with Gasteiger partial charge in [-0.25, -0.2) is 8.42 Å². The van der Waals surface area contributed by atoms with Crippen LogP contribution in [0.2, 0.25) is 0 Å². The van der Waals surface area contributed by atoms with E-state index in [-0.39, 0.29) is 28.1 Å². The summed E-state index contributed by atoms with van der Waals surface area (Å²) < 4.78 is 30.7. The molecule has 2 heterocycles. The van der Waals surface area contributed by atoms with Crippen molar-refractivity contribution < 1.29 is 17.6 Å². The third-order valence-electron chi connectivity index (χ3n) is 4.91. The molecular formula is C22H21NO4S. The number of fused-ring (bicyclic) bond motifs is 1. The second-order valence-electron chi connectivity index (χ2n) is 7.03. The number of hydrogen-bond donors (Lipinski definition) is 0. The molecule has 1 aliphatic heterocycles. The third-order valence-corrected chi connectivity index (χ3v) is 6.56. The molecule has 0 atom stereocenters. The van der Waals surface area contributed by atoms with E-state index in [1.807, 2.05) is 19.1 Å². The summed E-state index contributed by atoms with van der Waals surface area (Å²) in [6.07, 6.45) is 1.83. The Kier molecular flexibility index (Phi) is 4.81. The van der Waals surface area contributed by atoms with E-state index in [1.54, 1.807) is 47.4 Å². The quantitative estimate of drug-likeness (QED) is 0.665. The number of benzene rings is 2. The number of rotatable bonds is 4. The Balaban J connectivity index is 1.56. The minimum absolute atomic E-state index is 0.159.